The molecule has 0 radical (unpaired) electrons. The van der Waals surface area contributed by atoms with Gasteiger partial charge < -0.3 is 9.73 Å². The lowest BCUT2D eigenvalue weighted by atomic mass is 9.94. The van der Waals surface area contributed by atoms with Gasteiger partial charge in [0.15, 0.2) is 11.5 Å². The fourth-order valence-corrected chi connectivity index (χ4v) is 3.06. The summed E-state index contributed by atoms with van der Waals surface area (Å²) in [6.07, 6.45) is 1.78. The zero-order valence-electron chi connectivity index (χ0n) is 13.4. The first-order valence-electron chi connectivity index (χ1n) is 7.79. The van der Waals surface area contributed by atoms with Crippen LogP contribution in [-0.4, -0.2) is 11.7 Å². The van der Waals surface area contributed by atoms with E-state index in [9.17, 15) is 18.4 Å². The maximum absolute atomic E-state index is 13.8. The summed E-state index contributed by atoms with van der Waals surface area (Å²) in [5.74, 6) is -1.34. The summed E-state index contributed by atoms with van der Waals surface area (Å²) in [7, 11) is 0. The molecule has 1 aromatic carbocycles. The van der Waals surface area contributed by atoms with Crippen molar-refractivity contribution in [1.82, 2.24) is 5.32 Å². The van der Waals surface area contributed by atoms with Crippen LogP contribution in [0.3, 0.4) is 0 Å². The Hall–Kier alpha value is -2.50. The molecule has 0 aliphatic heterocycles. The molecule has 1 amide bonds. The Morgan fingerprint density at radius 2 is 2.04 bits per heavy atom. The van der Waals surface area contributed by atoms with Crippen molar-refractivity contribution in [1.29, 1.82) is 0 Å². The highest BCUT2D eigenvalue weighted by Crippen LogP contribution is 2.29. The molecule has 1 aliphatic carbocycles. The molecule has 4 nitrogen and oxygen atoms in total. The molecule has 0 bridgehead atoms. The third-order valence-corrected chi connectivity index (χ3v) is 4.29. The van der Waals surface area contributed by atoms with Gasteiger partial charge in [-0.2, -0.15) is 0 Å². The molecule has 1 N–H and O–H groups in total. The molecule has 0 saturated carbocycles. The molecule has 6 heteroatoms. The highest BCUT2D eigenvalue weighted by atomic mass is 19.1. The van der Waals surface area contributed by atoms with Crippen LogP contribution in [0.25, 0.3) is 0 Å². The number of nitrogens with one attached hydrogen (secondary N) is 1. The van der Waals surface area contributed by atoms with Crippen LogP contribution in [0.4, 0.5) is 8.78 Å². The van der Waals surface area contributed by atoms with Crippen LogP contribution < -0.4 is 5.32 Å². The summed E-state index contributed by atoms with van der Waals surface area (Å²) >= 11 is 0. The minimum absolute atomic E-state index is 0.0193. The van der Waals surface area contributed by atoms with E-state index in [2.05, 4.69) is 5.32 Å². The van der Waals surface area contributed by atoms with E-state index in [4.69, 9.17) is 4.42 Å². The molecule has 3 rings (SSSR count). The zero-order chi connectivity index (χ0) is 17.4. The first-order valence-corrected chi connectivity index (χ1v) is 7.79. The third kappa shape index (κ3) is 2.84. The maximum atomic E-state index is 13.8. The van der Waals surface area contributed by atoms with Crippen LogP contribution >= 0.6 is 0 Å². The van der Waals surface area contributed by atoms with Gasteiger partial charge >= 0.3 is 0 Å². The fourth-order valence-electron chi connectivity index (χ4n) is 3.06. The third-order valence-electron chi connectivity index (χ3n) is 4.29. The minimum atomic E-state index is -0.728. The molecule has 1 atom stereocenters. The van der Waals surface area contributed by atoms with Crippen molar-refractivity contribution in [3.05, 3.63) is 58.0 Å². The number of hydrogen-bond acceptors (Lipinski definition) is 3. The average molecular weight is 333 g/mol. The number of hydrogen-bond donors (Lipinski definition) is 1. The van der Waals surface area contributed by atoms with E-state index >= 15 is 0 Å². The molecule has 126 valence electrons. The number of aryl methyl sites for hydroxylation is 1. The van der Waals surface area contributed by atoms with Gasteiger partial charge in [-0.25, -0.2) is 8.78 Å². The quantitative estimate of drug-likeness (QED) is 0.927. The van der Waals surface area contributed by atoms with Crippen LogP contribution in [0, 0.1) is 18.6 Å². The topological polar surface area (TPSA) is 59.3 Å². The number of ketones is 1. The van der Waals surface area contributed by atoms with E-state index in [-0.39, 0.29) is 17.1 Å². The van der Waals surface area contributed by atoms with Gasteiger partial charge in [0.25, 0.3) is 5.91 Å². The number of Topliss-reactive ketones (excluding diaryl/α,β-unsaturated/α-hetero) is 1. The summed E-state index contributed by atoms with van der Waals surface area (Å²) in [5, 5.41) is 2.63. The Morgan fingerprint density at radius 1 is 1.29 bits per heavy atom. The second-order valence-corrected chi connectivity index (χ2v) is 5.99. The van der Waals surface area contributed by atoms with E-state index < -0.39 is 23.6 Å². The normalized spacial score (nSPS) is 15.1. The summed E-state index contributed by atoms with van der Waals surface area (Å²) in [6.45, 7) is 3.27. The number of carbonyl (C=O) groups excluding carboxylic acids is 2. The largest absolute Gasteiger partial charge is 0.455 e. The molecular weight excluding hydrogens is 316 g/mol. The predicted octanol–water partition coefficient (Wildman–Crippen LogP) is 3.88. The lowest BCUT2D eigenvalue weighted by Crippen LogP contribution is -2.27. The van der Waals surface area contributed by atoms with Crippen molar-refractivity contribution in [3.8, 4) is 0 Å². The molecule has 1 aliphatic rings. The van der Waals surface area contributed by atoms with E-state index in [0.717, 1.165) is 12.1 Å². The lowest BCUT2D eigenvalue weighted by molar-refractivity contribution is 0.0905. The number of halogens is 2. The standard InChI is InChI=1S/C18H17F2NO3/c1-9-16-14(22)4-3-5-15(16)24-17(9)18(23)21-10(2)12-7-6-11(19)8-13(12)20/h6-8,10H,3-5H2,1-2H3,(H,21,23). The van der Waals surface area contributed by atoms with Gasteiger partial charge in [0.2, 0.25) is 0 Å². The van der Waals surface area contributed by atoms with Crippen molar-refractivity contribution in [2.24, 2.45) is 0 Å². The summed E-state index contributed by atoms with van der Waals surface area (Å²) < 4.78 is 32.4. The summed E-state index contributed by atoms with van der Waals surface area (Å²) in [5.41, 5.74) is 1.18. The van der Waals surface area contributed by atoms with Gasteiger partial charge in [-0.15, -0.1) is 0 Å². The Kier molecular flexibility index (Phi) is 4.22. The molecule has 0 spiro atoms. The monoisotopic (exact) mass is 333 g/mol. The molecular formula is C18H17F2NO3. The first kappa shape index (κ1) is 16.4. The molecule has 0 saturated heterocycles. The van der Waals surface area contributed by atoms with Crippen molar-refractivity contribution in [2.75, 3.05) is 0 Å². The lowest BCUT2D eigenvalue weighted by Gasteiger charge is -2.14. The maximum Gasteiger partial charge on any atom is 0.287 e. The van der Waals surface area contributed by atoms with Crippen molar-refractivity contribution in [2.45, 2.75) is 39.2 Å². The Bertz CT molecular complexity index is 826. The Labute approximate surface area is 137 Å². The van der Waals surface area contributed by atoms with Gasteiger partial charge in [0.1, 0.15) is 17.4 Å². The highest BCUT2D eigenvalue weighted by Gasteiger charge is 2.29. The number of benzene rings is 1. The van der Waals surface area contributed by atoms with E-state index in [1.807, 2.05) is 0 Å². The fraction of sp³-hybridized carbons (Fsp3) is 0.333. The van der Waals surface area contributed by atoms with Crippen LogP contribution in [0.1, 0.15) is 63.6 Å². The Balaban J connectivity index is 1.84. The second-order valence-electron chi connectivity index (χ2n) is 5.99. The van der Waals surface area contributed by atoms with Gasteiger partial charge in [-0.05, 0) is 26.3 Å². The molecule has 2 aromatic rings. The first-order chi connectivity index (χ1) is 11.4. The minimum Gasteiger partial charge on any atom is -0.455 e. The number of amides is 1. The number of fused-ring (bicyclic) bond motifs is 1. The van der Waals surface area contributed by atoms with E-state index in [1.165, 1.54) is 6.07 Å². The summed E-state index contributed by atoms with van der Waals surface area (Å²) in [4.78, 5) is 24.4. The predicted molar refractivity (Wildman–Crippen MR) is 83.0 cm³/mol. The van der Waals surface area contributed by atoms with Crippen LogP contribution in [-0.2, 0) is 6.42 Å². The Morgan fingerprint density at radius 3 is 2.71 bits per heavy atom. The molecule has 1 unspecified atom stereocenters. The van der Waals surface area contributed by atoms with Gasteiger partial charge in [0.05, 0.1) is 11.6 Å². The number of furan rings is 1. The number of rotatable bonds is 3. The molecule has 1 heterocycles. The van der Waals surface area contributed by atoms with Gasteiger partial charge in [-0.1, -0.05) is 6.07 Å². The molecule has 0 fully saturated rings. The molecule has 24 heavy (non-hydrogen) atoms. The van der Waals surface area contributed by atoms with Crippen molar-refractivity contribution in [3.63, 3.8) is 0 Å². The smallest absolute Gasteiger partial charge is 0.287 e. The van der Waals surface area contributed by atoms with E-state index in [1.54, 1.807) is 13.8 Å². The zero-order valence-corrected chi connectivity index (χ0v) is 13.4. The second kappa shape index (κ2) is 6.19. The molecule has 1 aromatic heterocycles. The van der Waals surface area contributed by atoms with Gasteiger partial charge in [0, 0.05) is 30.0 Å². The van der Waals surface area contributed by atoms with Crippen molar-refractivity contribution >= 4 is 11.7 Å². The van der Waals surface area contributed by atoms with Gasteiger partial charge in [-0.3, -0.25) is 9.59 Å². The number of carbonyl (C=O) groups is 2. The SMILES string of the molecule is Cc1c(C(=O)NC(C)c2ccc(F)cc2F)oc2c1C(=O)CCC2. The van der Waals surface area contributed by atoms with Crippen LogP contribution in [0.5, 0.6) is 0 Å². The van der Waals surface area contributed by atoms with Crippen LogP contribution in [0.2, 0.25) is 0 Å². The average Bonchev–Trinajstić information content (AvgIpc) is 2.85. The van der Waals surface area contributed by atoms with Crippen LogP contribution in [0.15, 0.2) is 22.6 Å². The highest BCUT2D eigenvalue weighted by molar-refractivity contribution is 6.03. The van der Waals surface area contributed by atoms with E-state index in [0.29, 0.717) is 36.1 Å². The summed E-state index contributed by atoms with van der Waals surface area (Å²) in [6, 6.07) is 2.53. The van der Waals surface area contributed by atoms with Crippen molar-refractivity contribution < 1.29 is 22.8 Å².